The van der Waals surface area contributed by atoms with E-state index < -0.39 is 5.91 Å². The number of carbonyl (C=O) groups excluding carboxylic acids is 3. The minimum Gasteiger partial charge on any atom is -0.490 e. The average molecular weight is 403 g/mol. The number of fused-ring (bicyclic) bond motifs is 2. The van der Waals surface area contributed by atoms with Gasteiger partial charge in [-0.05, 0) is 51.7 Å². The van der Waals surface area contributed by atoms with Crippen molar-refractivity contribution in [1.29, 1.82) is 0 Å². The maximum atomic E-state index is 12.4. The molecule has 2 fully saturated rings. The molecule has 1 amide bonds. The van der Waals surface area contributed by atoms with Gasteiger partial charge in [-0.15, -0.1) is 0 Å². The van der Waals surface area contributed by atoms with Crippen LogP contribution in [0.15, 0.2) is 18.2 Å². The summed E-state index contributed by atoms with van der Waals surface area (Å²) in [5, 5.41) is 2.71. The van der Waals surface area contributed by atoms with Crippen molar-refractivity contribution >= 4 is 23.3 Å². The first-order chi connectivity index (χ1) is 14.0. The highest BCUT2D eigenvalue weighted by molar-refractivity contribution is 5.93. The van der Waals surface area contributed by atoms with Crippen molar-refractivity contribution in [1.82, 2.24) is 0 Å². The first kappa shape index (κ1) is 21.1. The fraction of sp³-hybridized carbons (Fsp3) is 0.591. The molecular weight excluding hydrogens is 374 g/mol. The molecule has 1 N–H and O–H groups in total. The Hall–Kier alpha value is -2.57. The normalized spacial score (nSPS) is 23.2. The molecule has 0 heterocycles. The van der Waals surface area contributed by atoms with E-state index in [9.17, 15) is 14.4 Å². The van der Waals surface area contributed by atoms with E-state index in [2.05, 4.69) is 5.32 Å². The minimum absolute atomic E-state index is 0.0188. The molecule has 158 valence electrons. The Bertz CT molecular complexity index is 746. The maximum Gasteiger partial charge on any atom is 0.309 e. The topological polar surface area (TPSA) is 90.9 Å². The molecule has 0 unspecified atom stereocenters. The molecule has 2 aliphatic carbocycles. The molecule has 7 nitrogen and oxygen atoms in total. The molecule has 2 bridgehead atoms. The lowest BCUT2D eigenvalue weighted by Crippen LogP contribution is -2.40. The number of hydrogen-bond acceptors (Lipinski definition) is 6. The van der Waals surface area contributed by atoms with Crippen LogP contribution in [0.3, 0.4) is 0 Å². The van der Waals surface area contributed by atoms with Crippen LogP contribution in [-0.4, -0.2) is 37.5 Å². The highest BCUT2D eigenvalue weighted by Gasteiger charge is 2.41. The second-order valence-corrected chi connectivity index (χ2v) is 7.58. The maximum absolute atomic E-state index is 12.4. The Morgan fingerprint density at radius 3 is 2.34 bits per heavy atom. The van der Waals surface area contributed by atoms with Crippen molar-refractivity contribution in [3.63, 3.8) is 0 Å². The number of ether oxygens (including phenoxy) is 3. The number of esters is 1. The van der Waals surface area contributed by atoms with Crippen LogP contribution in [0.25, 0.3) is 0 Å². The number of ketones is 1. The summed E-state index contributed by atoms with van der Waals surface area (Å²) in [6.07, 6.45) is 3.87. The van der Waals surface area contributed by atoms with E-state index in [1.165, 1.54) is 0 Å². The molecule has 0 radical (unpaired) electrons. The van der Waals surface area contributed by atoms with Gasteiger partial charge in [0.15, 0.2) is 18.1 Å². The van der Waals surface area contributed by atoms with Gasteiger partial charge in [-0.2, -0.15) is 0 Å². The Kier molecular flexibility index (Phi) is 7.12. The van der Waals surface area contributed by atoms with E-state index in [1.54, 1.807) is 18.2 Å². The summed E-state index contributed by atoms with van der Waals surface area (Å²) in [6.45, 7) is 4.38. The van der Waals surface area contributed by atoms with E-state index >= 15 is 0 Å². The number of amides is 1. The minimum atomic E-state index is -0.419. The van der Waals surface area contributed by atoms with E-state index in [0.29, 0.717) is 49.0 Å². The van der Waals surface area contributed by atoms with Crippen molar-refractivity contribution < 1.29 is 28.6 Å². The number of anilines is 1. The monoisotopic (exact) mass is 403 g/mol. The Balaban J connectivity index is 1.51. The van der Waals surface area contributed by atoms with Crippen LogP contribution in [-0.2, 0) is 19.1 Å². The summed E-state index contributed by atoms with van der Waals surface area (Å²) in [4.78, 5) is 36.8. The zero-order valence-electron chi connectivity index (χ0n) is 17.1. The van der Waals surface area contributed by atoms with Gasteiger partial charge in [-0.25, -0.2) is 0 Å². The van der Waals surface area contributed by atoms with Gasteiger partial charge in [-0.3, -0.25) is 14.4 Å². The summed E-state index contributed by atoms with van der Waals surface area (Å²) in [6, 6.07) is 5.12. The molecule has 0 spiro atoms. The van der Waals surface area contributed by atoms with Crippen LogP contribution in [0.2, 0.25) is 0 Å². The molecule has 1 aromatic rings. The number of Topliss-reactive ketones (excluding diaryl/α,β-unsaturated/α-hetero) is 1. The lowest BCUT2D eigenvalue weighted by Gasteiger charge is -2.36. The Morgan fingerprint density at radius 2 is 1.69 bits per heavy atom. The van der Waals surface area contributed by atoms with E-state index in [4.69, 9.17) is 14.2 Å². The smallest absolute Gasteiger partial charge is 0.309 e. The van der Waals surface area contributed by atoms with Gasteiger partial charge in [0.25, 0.3) is 5.91 Å². The number of nitrogens with one attached hydrogen (secondary N) is 1. The van der Waals surface area contributed by atoms with Crippen LogP contribution >= 0.6 is 0 Å². The molecule has 2 aliphatic rings. The highest BCUT2D eigenvalue weighted by atomic mass is 16.5. The molecule has 29 heavy (non-hydrogen) atoms. The van der Waals surface area contributed by atoms with Gasteiger partial charge in [-0.1, -0.05) is 6.42 Å². The van der Waals surface area contributed by atoms with Crippen LogP contribution < -0.4 is 14.8 Å². The van der Waals surface area contributed by atoms with Gasteiger partial charge in [0.05, 0.1) is 19.1 Å². The predicted octanol–water partition coefficient (Wildman–Crippen LogP) is 3.36. The van der Waals surface area contributed by atoms with Crippen LogP contribution in [0, 0.1) is 17.8 Å². The number of hydrogen-bond donors (Lipinski definition) is 1. The quantitative estimate of drug-likeness (QED) is 0.670. The SMILES string of the molecule is CCOc1ccc(NC(=O)COC(=O)C2C[C@H]3CCC[C@H](C2)C3=O)cc1OCC. The summed E-state index contributed by atoms with van der Waals surface area (Å²) < 4.78 is 16.3. The van der Waals surface area contributed by atoms with Gasteiger partial charge in [0.2, 0.25) is 0 Å². The zero-order chi connectivity index (χ0) is 20.8. The second-order valence-electron chi connectivity index (χ2n) is 7.58. The molecule has 0 aliphatic heterocycles. The molecule has 7 heteroatoms. The second kappa shape index (κ2) is 9.76. The Labute approximate surface area is 171 Å². The number of benzene rings is 1. The fourth-order valence-electron chi connectivity index (χ4n) is 4.25. The summed E-state index contributed by atoms with van der Waals surface area (Å²) in [7, 11) is 0. The largest absolute Gasteiger partial charge is 0.490 e. The molecule has 1 aromatic carbocycles. The lowest BCUT2D eigenvalue weighted by molar-refractivity contribution is -0.155. The molecule has 0 aromatic heterocycles. The lowest BCUT2D eigenvalue weighted by atomic mass is 9.67. The molecular formula is C22H29NO6. The Morgan fingerprint density at radius 1 is 1.03 bits per heavy atom. The van der Waals surface area contributed by atoms with Crippen LogP contribution in [0.5, 0.6) is 11.5 Å². The van der Waals surface area contributed by atoms with Crippen LogP contribution in [0.4, 0.5) is 5.69 Å². The third-order valence-corrected chi connectivity index (χ3v) is 5.55. The van der Waals surface area contributed by atoms with Crippen molar-refractivity contribution in [2.24, 2.45) is 17.8 Å². The molecule has 0 saturated heterocycles. The van der Waals surface area contributed by atoms with Crippen molar-refractivity contribution in [3.05, 3.63) is 18.2 Å². The van der Waals surface area contributed by atoms with Crippen molar-refractivity contribution in [2.45, 2.75) is 46.0 Å². The van der Waals surface area contributed by atoms with Gasteiger partial charge in [0.1, 0.15) is 5.78 Å². The average Bonchev–Trinajstić information content (AvgIpc) is 2.68. The van der Waals surface area contributed by atoms with Crippen LogP contribution in [0.1, 0.15) is 46.0 Å². The predicted molar refractivity (Wildman–Crippen MR) is 107 cm³/mol. The molecule has 3 rings (SSSR count). The molecule has 2 atom stereocenters. The van der Waals surface area contributed by atoms with Crippen molar-refractivity contribution in [3.8, 4) is 11.5 Å². The highest BCUT2D eigenvalue weighted by Crippen LogP contribution is 2.40. The third-order valence-electron chi connectivity index (χ3n) is 5.55. The van der Waals surface area contributed by atoms with Gasteiger partial charge >= 0.3 is 5.97 Å². The van der Waals surface area contributed by atoms with Gasteiger partial charge < -0.3 is 19.5 Å². The standard InChI is InChI=1S/C22H29NO6/c1-3-27-18-9-8-17(12-19(18)28-4-2)23-20(24)13-29-22(26)16-10-14-6-5-7-15(11-16)21(14)25/h8-9,12,14-16H,3-7,10-11,13H2,1-2H3,(H,23,24)/t14-,15-/m1/s1. The summed E-state index contributed by atoms with van der Waals surface area (Å²) >= 11 is 0. The fourth-order valence-corrected chi connectivity index (χ4v) is 4.25. The van der Waals surface area contributed by atoms with Crippen molar-refractivity contribution in [2.75, 3.05) is 25.1 Å². The number of carbonyl (C=O) groups is 3. The molecule has 2 saturated carbocycles. The summed E-state index contributed by atoms with van der Waals surface area (Å²) in [5.41, 5.74) is 0.538. The first-order valence-electron chi connectivity index (χ1n) is 10.4. The number of rotatable bonds is 8. The van der Waals surface area contributed by atoms with Gasteiger partial charge in [0, 0.05) is 23.6 Å². The van der Waals surface area contributed by atoms with E-state index in [-0.39, 0.29) is 30.3 Å². The summed E-state index contributed by atoms with van der Waals surface area (Å²) in [5.74, 6) is 0.330. The zero-order valence-corrected chi connectivity index (χ0v) is 17.1. The third kappa shape index (κ3) is 5.28. The van der Waals surface area contributed by atoms with E-state index in [1.807, 2.05) is 13.8 Å². The van der Waals surface area contributed by atoms with E-state index in [0.717, 1.165) is 19.3 Å². The first-order valence-corrected chi connectivity index (χ1v) is 10.4.